The minimum absolute atomic E-state index is 0.0191. The largest absolute Gasteiger partial charge is 0.367 e. The highest BCUT2D eigenvalue weighted by Gasteiger charge is 2.30. The molecule has 1 aromatic carbocycles. The maximum absolute atomic E-state index is 12.3. The number of piperazine rings is 1. The number of hydrogen-bond donors (Lipinski definition) is 1. The zero-order chi connectivity index (χ0) is 17.6. The molecule has 0 bridgehead atoms. The molecule has 1 aliphatic carbocycles. The molecular weight excluding hydrogens is 318 g/mol. The van der Waals surface area contributed by atoms with E-state index < -0.39 is 0 Å². The summed E-state index contributed by atoms with van der Waals surface area (Å²) in [6.45, 7) is 5.24. The van der Waals surface area contributed by atoms with Crippen LogP contribution in [0.1, 0.15) is 25.3 Å². The van der Waals surface area contributed by atoms with Crippen LogP contribution in [0.25, 0.3) is 0 Å². The van der Waals surface area contributed by atoms with Crippen molar-refractivity contribution in [3.05, 3.63) is 35.9 Å². The lowest BCUT2D eigenvalue weighted by molar-refractivity contribution is -0.139. The summed E-state index contributed by atoms with van der Waals surface area (Å²) in [5.74, 6) is 0.124. The normalized spacial score (nSPS) is 19.5. The topological polar surface area (TPSA) is 61.9 Å². The lowest BCUT2D eigenvalue weighted by Gasteiger charge is -2.37. The standard InChI is InChI=1S/C19H27N3O3/c1-15(19(24)20-17-7-8-17)21-9-11-22(12-10-21)18(23)14-25-13-16-5-3-2-4-6-16/h2-6,15,17H,7-14H2,1H3,(H,20,24). The van der Waals surface area contributed by atoms with Gasteiger partial charge in [0.2, 0.25) is 11.8 Å². The van der Waals surface area contributed by atoms with Gasteiger partial charge >= 0.3 is 0 Å². The molecule has 6 heteroatoms. The summed E-state index contributed by atoms with van der Waals surface area (Å²) in [4.78, 5) is 28.4. The fourth-order valence-corrected chi connectivity index (χ4v) is 3.00. The van der Waals surface area contributed by atoms with E-state index in [0.717, 1.165) is 31.5 Å². The number of rotatable bonds is 7. The minimum Gasteiger partial charge on any atom is -0.367 e. The molecule has 1 aliphatic heterocycles. The fourth-order valence-electron chi connectivity index (χ4n) is 3.00. The second-order valence-electron chi connectivity index (χ2n) is 6.85. The Balaban J connectivity index is 1.36. The third-order valence-electron chi connectivity index (χ3n) is 4.85. The summed E-state index contributed by atoms with van der Waals surface area (Å²) < 4.78 is 5.53. The summed E-state index contributed by atoms with van der Waals surface area (Å²) in [5.41, 5.74) is 1.07. The summed E-state index contributed by atoms with van der Waals surface area (Å²) >= 11 is 0. The van der Waals surface area contributed by atoms with Gasteiger partial charge in [-0.25, -0.2) is 0 Å². The molecular formula is C19H27N3O3. The van der Waals surface area contributed by atoms with Crippen LogP contribution in [0.4, 0.5) is 0 Å². The molecule has 1 unspecified atom stereocenters. The number of nitrogens with zero attached hydrogens (tertiary/aromatic N) is 2. The van der Waals surface area contributed by atoms with E-state index in [-0.39, 0.29) is 24.5 Å². The van der Waals surface area contributed by atoms with E-state index in [1.54, 1.807) is 0 Å². The van der Waals surface area contributed by atoms with Gasteiger partial charge in [-0.2, -0.15) is 0 Å². The van der Waals surface area contributed by atoms with E-state index in [4.69, 9.17) is 4.74 Å². The van der Waals surface area contributed by atoms with Gasteiger partial charge in [-0.15, -0.1) is 0 Å². The Hall–Kier alpha value is -1.92. The quantitative estimate of drug-likeness (QED) is 0.801. The summed E-state index contributed by atoms with van der Waals surface area (Å²) in [7, 11) is 0. The molecule has 1 atom stereocenters. The average Bonchev–Trinajstić information content (AvgIpc) is 3.46. The third-order valence-corrected chi connectivity index (χ3v) is 4.85. The van der Waals surface area contributed by atoms with E-state index >= 15 is 0 Å². The molecule has 25 heavy (non-hydrogen) atoms. The van der Waals surface area contributed by atoms with Crippen LogP contribution in [0.5, 0.6) is 0 Å². The summed E-state index contributed by atoms with van der Waals surface area (Å²) in [5, 5.41) is 3.05. The molecule has 136 valence electrons. The molecule has 0 spiro atoms. The molecule has 2 aliphatic rings. The zero-order valence-electron chi connectivity index (χ0n) is 14.8. The molecule has 1 saturated carbocycles. The van der Waals surface area contributed by atoms with Gasteiger partial charge in [0.15, 0.2) is 0 Å². The molecule has 2 fully saturated rings. The predicted octanol–water partition coefficient (Wildman–Crippen LogP) is 1.01. The number of hydrogen-bond acceptors (Lipinski definition) is 4. The van der Waals surface area contributed by atoms with Crippen LogP contribution in [0.15, 0.2) is 30.3 Å². The van der Waals surface area contributed by atoms with Gasteiger partial charge in [0.05, 0.1) is 12.6 Å². The van der Waals surface area contributed by atoms with Crippen molar-refractivity contribution in [3.63, 3.8) is 0 Å². The third kappa shape index (κ3) is 5.28. The van der Waals surface area contributed by atoms with Crippen molar-refractivity contribution in [2.24, 2.45) is 0 Å². The smallest absolute Gasteiger partial charge is 0.248 e. The van der Waals surface area contributed by atoms with Crippen LogP contribution >= 0.6 is 0 Å². The zero-order valence-corrected chi connectivity index (χ0v) is 14.8. The lowest BCUT2D eigenvalue weighted by Crippen LogP contribution is -2.55. The van der Waals surface area contributed by atoms with Crippen molar-refractivity contribution in [3.8, 4) is 0 Å². The van der Waals surface area contributed by atoms with E-state index in [2.05, 4.69) is 10.2 Å². The number of benzene rings is 1. The van der Waals surface area contributed by atoms with E-state index in [9.17, 15) is 9.59 Å². The molecule has 1 aromatic rings. The lowest BCUT2D eigenvalue weighted by atomic mass is 10.2. The van der Waals surface area contributed by atoms with Crippen LogP contribution in [0.2, 0.25) is 0 Å². The molecule has 0 aromatic heterocycles. The first-order valence-corrected chi connectivity index (χ1v) is 9.07. The highest BCUT2D eigenvalue weighted by molar-refractivity contribution is 5.82. The predicted molar refractivity (Wildman–Crippen MR) is 94.9 cm³/mol. The van der Waals surface area contributed by atoms with Gasteiger partial charge in [0.25, 0.3) is 0 Å². The molecule has 6 nitrogen and oxygen atoms in total. The Bertz CT molecular complexity index is 581. The average molecular weight is 345 g/mol. The maximum atomic E-state index is 12.3. The van der Waals surface area contributed by atoms with Crippen LogP contribution in [-0.4, -0.2) is 66.5 Å². The van der Waals surface area contributed by atoms with Crippen molar-refractivity contribution < 1.29 is 14.3 Å². The van der Waals surface area contributed by atoms with Crippen molar-refractivity contribution in [2.75, 3.05) is 32.8 Å². The molecule has 2 amide bonds. The fraction of sp³-hybridized carbons (Fsp3) is 0.579. The Kier molecular flexibility index (Phi) is 6.04. The molecule has 0 radical (unpaired) electrons. The maximum Gasteiger partial charge on any atom is 0.248 e. The monoisotopic (exact) mass is 345 g/mol. The molecule has 3 rings (SSSR count). The minimum atomic E-state index is -0.132. The Morgan fingerprint density at radius 1 is 1.16 bits per heavy atom. The number of nitrogens with one attached hydrogen (secondary N) is 1. The van der Waals surface area contributed by atoms with Gasteiger partial charge in [-0.05, 0) is 25.3 Å². The first kappa shape index (κ1) is 17.9. The van der Waals surface area contributed by atoms with Gasteiger partial charge in [0.1, 0.15) is 6.61 Å². The van der Waals surface area contributed by atoms with Gasteiger partial charge in [0, 0.05) is 32.2 Å². The number of ether oxygens (including phenoxy) is 1. The Morgan fingerprint density at radius 2 is 1.84 bits per heavy atom. The SMILES string of the molecule is CC(C(=O)NC1CC1)N1CCN(C(=O)COCc2ccccc2)CC1. The highest BCUT2D eigenvalue weighted by atomic mass is 16.5. The summed E-state index contributed by atoms with van der Waals surface area (Å²) in [6, 6.07) is 10.1. The van der Waals surface area contributed by atoms with Crippen molar-refractivity contribution >= 4 is 11.8 Å². The van der Waals surface area contributed by atoms with Gasteiger partial charge in [-0.3, -0.25) is 14.5 Å². The van der Waals surface area contributed by atoms with Crippen molar-refractivity contribution in [1.82, 2.24) is 15.1 Å². The first-order valence-electron chi connectivity index (χ1n) is 9.07. The van der Waals surface area contributed by atoms with Crippen LogP contribution < -0.4 is 5.32 Å². The van der Waals surface area contributed by atoms with Crippen LogP contribution in [-0.2, 0) is 20.9 Å². The second kappa shape index (κ2) is 8.45. The van der Waals surface area contributed by atoms with Crippen LogP contribution in [0, 0.1) is 0 Å². The number of amides is 2. The number of carbonyl (C=O) groups is 2. The van der Waals surface area contributed by atoms with E-state index in [1.165, 1.54) is 0 Å². The number of carbonyl (C=O) groups excluding carboxylic acids is 2. The Morgan fingerprint density at radius 3 is 2.48 bits per heavy atom. The highest BCUT2D eigenvalue weighted by Crippen LogP contribution is 2.19. The Labute approximate surface area is 149 Å². The molecule has 1 N–H and O–H groups in total. The first-order chi connectivity index (χ1) is 12.1. The molecule has 1 saturated heterocycles. The van der Waals surface area contributed by atoms with Crippen molar-refractivity contribution in [1.29, 1.82) is 0 Å². The van der Waals surface area contributed by atoms with Crippen LogP contribution in [0.3, 0.4) is 0 Å². The van der Waals surface area contributed by atoms with Crippen molar-refractivity contribution in [2.45, 2.75) is 38.5 Å². The van der Waals surface area contributed by atoms with E-state index in [0.29, 0.717) is 25.7 Å². The molecule has 1 heterocycles. The summed E-state index contributed by atoms with van der Waals surface area (Å²) in [6.07, 6.45) is 2.20. The van der Waals surface area contributed by atoms with Gasteiger partial charge < -0.3 is 15.0 Å². The van der Waals surface area contributed by atoms with E-state index in [1.807, 2.05) is 42.2 Å². The van der Waals surface area contributed by atoms with Gasteiger partial charge in [-0.1, -0.05) is 30.3 Å². The second-order valence-corrected chi connectivity index (χ2v) is 6.85.